The first kappa shape index (κ1) is 22.2. The average Bonchev–Trinajstić information content (AvgIpc) is 3.40. The number of hydrogen-bond acceptors (Lipinski definition) is 4. The average molecular weight is 456 g/mol. The van der Waals surface area contributed by atoms with E-state index in [1.165, 1.54) is 0 Å². The molecule has 0 radical (unpaired) electrons. The molecule has 6 nitrogen and oxygen atoms in total. The highest BCUT2D eigenvalue weighted by Gasteiger charge is 2.35. The number of imidazole rings is 1. The lowest BCUT2D eigenvalue weighted by molar-refractivity contribution is -0.117. The summed E-state index contributed by atoms with van der Waals surface area (Å²) in [6.45, 7) is 5.11. The molecule has 2 atom stereocenters. The van der Waals surface area contributed by atoms with Crippen molar-refractivity contribution in [3.05, 3.63) is 89.7 Å². The molecule has 34 heavy (non-hydrogen) atoms. The van der Waals surface area contributed by atoms with Crippen molar-refractivity contribution in [1.82, 2.24) is 9.55 Å². The lowest BCUT2D eigenvalue weighted by atomic mass is 10.1. The zero-order chi connectivity index (χ0) is 23.7. The molecule has 174 valence electrons. The Balaban J connectivity index is 1.38. The third-order valence-corrected chi connectivity index (χ3v) is 6.44. The summed E-state index contributed by atoms with van der Waals surface area (Å²) in [5.41, 5.74) is 4.92. The number of nitrogens with zero attached hydrogens (tertiary/aromatic N) is 3. The van der Waals surface area contributed by atoms with Crippen LogP contribution in [0.4, 0.5) is 5.69 Å². The lowest BCUT2D eigenvalue weighted by Crippen LogP contribution is -2.26. The van der Waals surface area contributed by atoms with E-state index in [-0.39, 0.29) is 18.4 Å². The van der Waals surface area contributed by atoms with E-state index in [1.54, 1.807) is 0 Å². The number of benzene rings is 3. The Bertz CT molecular complexity index is 1310. The van der Waals surface area contributed by atoms with E-state index < -0.39 is 6.10 Å². The van der Waals surface area contributed by atoms with Gasteiger partial charge in [-0.3, -0.25) is 4.79 Å². The van der Waals surface area contributed by atoms with Crippen molar-refractivity contribution in [2.75, 3.05) is 18.1 Å². The SMILES string of the molecule is Cc1ccc(N2C[C@H](c3nc4ccccc4n3C[C@H](O)COc3ccccc3C)CC2=O)cc1. The molecule has 0 spiro atoms. The predicted octanol–water partition coefficient (Wildman–Crippen LogP) is 4.61. The first-order valence-electron chi connectivity index (χ1n) is 11.7. The second-order valence-corrected chi connectivity index (χ2v) is 9.04. The van der Waals surface area contributed by atoms with Crippen LogP contribution < -0.4 is 9.64 Å². The van der Waals surface area contributed by atoms with E-state index in [0.717, 1.165) is 39.4 Å². The smallest absolute Gasteiger partial charge is 0.227 e. The molecule has 1 aliphatic heterocycles. The van der Waals surface area contributed by atoms with Crippen LogP contribution in [0, 0.1) is 13.8 Å². The minimum Gasteiger partial charge on any atom is -0.491 e. The second kappa shape index (κ2) is 9.31. The van der Waals surface area contributed by atoms with Crippen molar-refractivity contribution >= 4 is 22.6 Å². The Morgan fingerprint density at radius 2 is 1.76 bits per heavy atom. The second-order valence-electron chi connectivity index (χ2n) is 9.04. The van der Waals surface area contributed by atoms with E-state index in [0.29, 0.717) is 19.5 Å². The fraction of sp³-hybridized carbons (Fsp3) is 0.286. The number of carbonyl (C=O) groups is 1. The summed E-state index contributed by atoms with van der Waals surface area (Å²) in [5, 5.41) is 10.9. The van der Waals surface area contributed by atoms with Gasteiger partial charge in [-0.15, -0.1) is 0 Å². The number of aliphatic hydroxyl groups excluding tert-OH is 1. The van der Waals surface area contributed by atoms with Crippen LogP contribution in [0.25, 0.3) is 11.0 Å². The standard InChI is InChI=1S/C28H29N3O3/c1-19-11-13-22(14-12-19)30-16-21(15-27(30)33)28-29-24-8-4-5-9-25(24)31(28)17-23(32)18-34-26-10-6-3-7-20(26)2/h3-14,21,23,32H,15-18H2,1-2H3/t21-,23+/m1/s1. The molecule has 0 unspecified atom stereocenters. The van der Waals surface area contributed by atoms with Gasteiger partial charge in [-0.2, -0.15) is 0 Å². The van der Waals surface area contributed by atoms with Gasteiger partial charge in [0.25, 0.3) is 0 Å². The Hall–Kier alpha value is -3.64. The quantitative estimate of drug-likeness (QED) is 0.442. The van der Waals surface area contributed by atoms with Gasteiger partial charge in [-0.1, -0.05) is 48.0 Å². The summed E-state index contributed by atoms with van der Waals surface area (Å²) in [4.78, 5) is 19.6. The molecule has 0 aliphatic carbocycles. The summed E-state index contributed by atoms with van der Waals surface area (Å²) < 4.78 is 7.93. The highest BCUT2D eigenvalue weighted by Crippen LogP contribution is 2.33. The minimum atomic E-state index is -0.721. The predicted molar refractivity (Wildman–Crippen MR) is 133 cm³/mol. The molecular formula is C28H29N3O3. The van der Waals surface area contributed by atoms with Crippen molar-refractivity contribution in [2.24, 2.45) is 0 Å². The van der Waals surface area contributed by atoms with Crippen molar-refractivity contribution in [1.29, 1.82) is 0 Å². The van der Waals surface area contributed by atoms with Gasteiger partial charge in [0, 0.05) is 24.6 Å². The largest absolute Gasteiger partial charge is 0.491 e. The Labute approximate surface area is 199 Å². The zero-order valence-corrected chi connectivity index (χ0v) is 19.5. The zero-order valence-electron chi connectivity index (χ0n) is 19.5. The van der Waals surface area contributed by atoms with Crippen LogP contribution in [-0.2, 0) is 11.3 Å². The van der Waals surface area contributed by atoms with E-state index in [1.807, 2.05) is 91.5 Å². The number of ether oxygens (including phenoxy) is 1. The van der Waals surface area contributed by atoms with Crippen molar-refractivity contribution in [3.63, 3.8) is 0 Å². The molecule has 1 aromatic heterocycles. The first-order valence-corrected chi connectivity index (χ1v) is 11.7. The number of aromatic nitrogens is 2. The molecule has 3 aromatic carbocycles. The Kier molecular flexibility index (Phi) is 6.07. The third-order valence-electron chi connectivity index (χ3n) is 6.44. The van der Waals surface area contributed by atoms with E-state index >= 15 is 0 Å². The van der Waals surface area contributed by atoms with Crippen LogP contribution in [0.1, 0.15) is 29.3 Å². The number of aliphatic hydroxyl groups is 1. The van der Waals surface area contributed by atoms with Gasteiger partial charge in [0.05, 0.1) is 17.6 Å². The monoisotopic (exact) mass is 455 g/mol. The fourth-order valence-corrected chi connectivity index (χ4v) is 4.62. The van der Waals surface area contributed by atoms with Crippen molar-refractivity contribution in [2.45, 2.75) is 38.8 Å². The summed E-state index contributed by atoms with van der Waals surface area (Å²) in [6, 6.07) is 23.7. The van der Waals surface area contributed by atoms with Crippen LogP contribution in [0.2, 0.25) is 0 Å². The highest BCUT2D eigenvalue weighted by molar-refractivity contribution is 5.96. The number of anilines is 1. The Morgan fingerprint density at radius 3 is 2.56 bits per heavy atom. The van der Waals surface area contributed by atoms with E-state index in [2.05, 4.69) is 4.57 Å². The molecular weight excluding hydrogens is 426 g/mol. The van der Waals surface area contributed by atoms with Gasteiger partial charge in [-0.25, -0.2) is 4.98 Å². The number of hydrogen-bond donors (Lipinski definition) is 1. The summed E-state index contributed by atoms with van der Waals surface area (Å²) >= 11 is 0. The molecule has 1 N–H and O–H groups in total. The molecule has 0 saturated carbocycles. The lowest BCUT2D eigenvalue weighted by Gasteiger charge is -2.19. The van der Waals surface area contributed by atoms with Crippen molar-refractivity contribution < 1.29 is 14.6 Å². The fourth-order valence-electron chi connectivity index (χ4n) is 4.62. The minimum absolute atomic E-state index is 0.0503. The normalized spacial score (nSPS) is 16.9. The van der Waals surface area contributed by atoms with Crippen LogP contribution in [-0.4, -0.2) is 39.8 Å². The number of aryl methyl sites for hydroxylation is 2. The van der Waals surface area contributed by atoms with E-state index in [9.17, 15) is 9.90 Å². The van der Waals surface area contributed by atoms with Gasteiger partial charge in [0.1, 0.15) is 24.3 Å². The maximum atomic E-state index is 12.9. The molecule has 6 heteroatoms. The van der Waals surface area contributed by atoms with Crippen LogP contribution in [0.5, 0.6) is 5.75 Å². The molecule has 4 aromatic rings. The Morgan fingerprint density at radius 1 is 1.03 bits per heavy atom. The van der Waals surface area contributed by atoms with Crippen molar-refractivity contribution in [3.8, 4) is 5.75 Å². The van der Waals surface area contributed by atoms with E-state index in [4.69, 9.17) is 9.72 Å². The molecule has 0 bridgehead atoms. The number of amides is 1. The van der Waals surface area contributed by atoms with Gasteiger partial charge in [0.2, 0.25) is 5.91 Å². The number of para-hydroxylation sites is 3. The van der Waals surface area contributed by atoms with Crippen LogP contribution in [0.15, 0.2) is 72.8 Å². The number of fused-ring (bicyclic) bond motifs is 1. The highest BCUT2D eigenvalue weighted by atomic mass is 16.5. The maximum Gasteiger partial charge on any atom is 0.227 e. The molecule has 1 aliphatic rings. The number of carbonyl (C=O) groups excluding carboxylic acids is 1. The van der Waals surface area contributed by atoms with Crippen LogP contribution >= 0.6 is 0 Å². The molecule has 1 saturated heterocycles. The first-order chi connectivity index (χ1) is 16.5. The van der Waals surface area contributed by atoms with Gasteiger partial charge in [0.15, 0.2) is 0 Å². The topological polar surface area (TPSA) is 67.6 Å². The molecule has 1 amide bonds. The number of rotatable bonds is 7. The van der Waals surface area contributed by atoms with Gasteiger partial charge >= 0.3 is 0 Å². The maximum absolute atomic E-state index is 12.9. The summed E-state index contributed by atoms with van der Waals surface area (Å²) in [6.07, 6.45) is -0.325. The third kappa shape index (κ3) is 4.41. The summed E-state index contributed by atoms with van der Waals surface area (Å²) in [7, 11) is 0. The van der Waals surface area contributed by atoms with Gasteiger partial charge in [-0.05, 0) is 49.7 Å². The van der Waals surface area contributed by atoms with Gasteiger partial charge < -0.3 is 19.3 Å². The van der Waals surface area contributed by atoms with Crippen LogP contribution in [0.3, 0.4) is 0 Å². The molecule has 5 rings (SSSR count). The molecule has 2 heterocycles. The molecule has 1 fully saturated rings. The summed E-state index contributed by atoms with van der Waals surface area (Å²) in [5.74, 6) is 1.65.